The highest BCUT2D eigenvalue weighted by atomic mass is 19.1. The first kappa shape index (κ1) is 15.4. The van der Waals surface area contributed by atoms with Gasteiger partial charge in [0.2, 0.25) is 0 Å². The van der Waals surface area contributed by atoms with Crippen LogP contribution >= 0.6 is 0 Å². The second-order valence-electron chi connectivity index (χ2n) is 5.21. The van der Waals surface area contributed by atoms with Crippen LogP contribution in [0.2, 0.25) is 0 Å². The monoisotopic (exact) mass is 267 g/mol. The van der Waals surface area contributed by atoms with Crippen molar-refractivity contribution in [3.05, 3.63) is 35.1 Å². The van der Waals surface area contributed by atoms with Gasteiger partial charge in [-0.15, -0.1) is 0 Å². The minimum atomic E-state index is -0.393. The van der Waals surface area contributed by atoms with E-state index in [2.05, 4.69) is 23.9 Å². The molecule has 0 bridgehead atoms. The van der Waals surface area contributed by atoms with Gasteiger partial charge in [0, 0.05) is 12.1 Å². The Balaban J connectivity index is 2.83. The molecule has 0 heterocycles. The molecule has 0 aliphatic rings. The van der Waals surface area contributed by atoms with Gasteiger partial charge >= 0.3 is 0 Å². The van der Waals surface area contributed by atoms with E-state index in [4.69, 9.17) is 10.9 Å². The van der Waals surface area contributed by atoms with E-state index >= 15 is 0 Å². The maximum Gasteiger partial charge on any atom is 0.170 e. The van der Waals surface area contributed by atoms with Crippen molar-refractivity contribution < 1.29 is 9.60 Å². The summed E-state index contributed by atoms with van der Waals surface area (Å²) in [6, 6.07) is 4.36. The van der Waals surface area contributed by atoms with Crippen LogP contribution in [0, 0.1) is 11.7 Å². The van der Waals surface area contributed by atoms with Crippen LogP contribution in [0.4, 0.5) is 4.39 Å². The third-order valence-electron chi connectivity index (χ3n) is 2.98. The van der Waals surface area contributed by atoms with Crippen LogP contribution in [-0.2, 0) is 6.54 Å². The highest BCUT2D eigenvalue weighted by molar-refractivity contribution is 5.98. The van der Waals surface area contributed by atoms with Crippen molar-refractivity contribution >= 4 is 5.84 Å². The largest absolute Gasteiger partial charge is 0.409 e. The van der Waals surface area contributed by atoms with E-state index in [0.29, 0.717) is 18.0 Å². The van der Waals surface area contributed by atoms with Crippen molar-refractivity contribution in [3.63, 3.8) is 0 Å². The third kappa shape index (κ3) is 4.87. The summed E-state index contributed by atoms with van der Waals surface area (Å²) < 4.78 is 13.2. The highest BCUT2D eigenvalue weighted by Crippen LogP contribution is 2.14. The number of benzene rings is 1. The van der Waals surface area contributed by atoms with Crippen LogP contribution in [0.5, 0.6) is 0 Å². The average molecular weight is 267 g/mol. The first-order chi connectivity index (χ1) is 8.93. The molecule has 0 saturated carbocycles. The molecule has 5 heteroatoms. The lowest BCUT2D eigenvalue weighted by atomic mass is 10.1. The molecular formula is C14H22FN3O. The number of oxime groups is 1. The van der Waals surface area contributed by atoms with Crippen LogP contribution in [0.15, 0.2) is 23.4 Å². The smallest absolute Gasteiger partial charge is 0.170 e. The van der Waals surface area contributed by atoms with Gasteiger partial charge < -0.3 is 15.8 Å². The molecule has 0 unspecified atom stereocenters. The fourth-order valence-electron chi connectivity index (χ4n) is 1.83. The Labute approximate surface area is 113 Å². The fraction of sp³-hybridized carbons (Fsp3) is 0.500. The summed E-state index contributed by atoms with van der Waals surface area (Å²) in [6.07, 6.45) is 1.09. The van der Waals surface area contributed by atoms with Gasteiger partial charge in [0.1, 0.15) is 5.82 Å². The molecule has 4 nitrogen and oxygen atoms in total. The molecule has 106 valence electrons. The Hall–Kier alpha value is -1.62. The number of nitrogens with two attached hydrogens (primary N) is 1. The summed E-state index contributed by atoms with van der Waals surface area (Å²) in [4.78, 5) is 2.14. The molecule has 0 aliphatic carbocycles. The fourth-order valence-corrected chi connectivity index (χ4v) is 1.83. The summed E-state index contributed by atoms with van der Waals surface area (Å²) in [5.74, 6) is 0.182. The molecule has 0 radical (unpaired) electrons. The van der Waals surface area contributed by atoms with E-state index in [1.165, 1.54) is 12.1 Å². The van der Waals surface area contributed by atoms with Crippen molar-refractivity contribution in [1.29, 1.82) is 0 Å². The standard InChI is InChI=1S/C14H22FN3O/c1-10(2)6-7-18(3)9-11-4-5-12(15)8-13(11)14(16)17-19/h4-5,8,10,19H,6-7,9H2,1-3H3,(H2,16,17). The van der Waals surface area contributed by atoms with E-state index < -0.39 is 5.82 Å². The zero-order chi connectivity index (χ0) is 14.4. The van der Waals surface area contributed by atoms with E-state index in [1.54, 1.807) is 6.07 Å². The molecule has 3 N–H and O–H groups in total. The Morgan fingerprint density at radius 2 is 2.16 bits per heavy atom. The summed E-state index contributed by atoms with van der Waals surface area (Å²) in [7, 11) is 2.00. The zero-order valence-electron chi connectivity index (χ0n) is 11.7. The van der Waals surface area contributed by atoms with E-state index in [0.717, 1.165) is 18.5 Å². The Morgan fingerprint density at radius 3 is 2.74 bits per heavy atom. The highest BCUT2D eigenvalue weighted by Gasteiger charge is 2.11. The van der Waals surface area contributed by atoms with Crippen molar-refractivity contribution in [3.8, 4) is 0 Å². The van der Waals surface area contributed by atoms with Gasteiger partial charge in [0.15, 0.2) is 5.84 Å². The SMILES string of the molecule is CC(C)CCN(C)Cc1ccc(F)cc1C(N)=NO. The van der Waals surface area contributed by atoms with Gasteiger partial charge in [0.25, 0.3) is 0 Å². The van der Waals surface area contributed by atoms with Gasteiger partial charge in [-0.2, -0.15) is 0 Å². The zero-order valence-corrected chi connectivity index (χ0v) is 11.7. The first-order valence-corrected chi connectivity index (χ1v) is 6.39. The molecule has 1 aromatic carbocycles. The lowest BCUT2D eigenvalue weighted by Crippen LogP contribution is -2.23. The molecule has 0 amide bonds. The molecule has 1 aromatic rings. The number of nitrogens with zero attached hydrogens (tertiary/aromatic N) is 2. The maximum absolute atomic E-state index is 13.2. The van der Waals surface area contributed by atoms with Gasteiger partial charge in [-0.3, -0.25) is 0 Å². The average Bonchev–Trinajstić information content (AvgIpc) is 2.37. The lowest BCUT2D eigenvalue weighted by molar-refractivity contribution is 0.302. The maximum atomic E-state index is 13.2. The van der Waals surface area contributed by atoms with Gasteiger partial charge in [-0.25, -0.2) is 4.39 Å². The number of halogens is 1. The second kappa shape index (κ2) is 7.09. The van der Waals surface area contributed by atoms with Crippen LogP contribution in [-0.4, -0.2) is 29.5 Å². The lowest BCUT2D eigenvalue weighted by Gasteiger charge is -2.19. The molecule has 19 heavy (non-hydrogen) atoms. The van der Waals surface area contributed by atoms with Crippen LogP contribution < -0.4 is 5.73 Å². The molecule has 0 spiro atoms. The molecule has 0 fully saturated rings. The topological polar surface area (TPSA) is 61.8 Å². The third-order valence-corrected chi connectivity index (χ3v) is 2.98. The molecule has 0 aromatic heterocycles. The summed E-state index contributed by atoms with van der Waals surface area (Å²) >= 11 is 0. The van der Waals surface area contributed by atoms with Crippen molar-refractivity contribution in [2.24, 2.45) is 16.8 Å². The Kier molecular flexibility index (Phi) is 5.76. The van der Waals surface area contributed by atoms with Crippen molar-refractivity contribution in [1.82, 2.24) is 4.90 Å². The Bertz CT molecular complexity index is 446. The predicted octanol–water partition coefficient (Wildman–Crippen LogP) is 2.40. The van der Waals surface area contributed by atoms with Gasteiger partial charge in [0.05, 0.1) is 0 Å². The van der Waals surface area contributed by atoms with Crippen LogP contribution in [0.3, 0.4) is 0 Å². The van der Waals surface area contributed by atoms with E-state index in [1.807, 2.05) is 7.05 Å². The molecule has 1 rings (SSSR count). The minimum absolute atomic E-state index is 0.0632. The first-order valence-electron chi connectivity index (χ1n) is 6.39. The van der Waals surface area contributed by atoms with Gasteiger partial charge in [-0.1, -0.05) is 25.1 Å². The van der Waals surface area contributed by atoms with Crippen molar-refractivity contribution in [2.75, 3.05) is 13.6 Å². The summed E-state index contributed by atoms with van der Waals surface area (Å²) in [5.41, 5.74) is 6.87. The molecule has 0 aliphatic heterocycles. The van der Waals surface area contributed by atoms with E-state index in [-0.39, 0.29) is 5.84 Å². The normalized spacial score (nSPS) is 12.4. The molecule has 0 atom stereocenters. The quantitative estimate of drug-likeness (QED) is 0.360. The van der Waals surface area contributed by atoms with Crippen LogP contribution in [0.25, 0.3) is 0 Å². The molecular weight excluding hydrogens is 245 g/mol. The number of rotatable bonds is 6. The minimum Gasteiger partial charge on any atom is -0.409 e. The Morgan fingerprint density at radius 1 is 1.47 bits per heavy atom. The number of amidine groups is 1. The summed E-state index contributed by atoms with van der Waals surface area (Å²) in [5, 5.41) is 11.7. The second-order valence-corrected chi connectivity index (χ2v) is 5.21. The van der Waals surface area contributed by atoms with Crippen LogP contribution in [0.1, 0.15) is 31.4 Å². The molecule has 0 saturated heterocycles. The predicted molar refractivity (Wildman–Crippen MR) is 74.7 cm³/mol. The number of hydrogen-bond donors (Lipinski definition) is 2. The van der Waals surface area contributed by atoms with Crippen molar-refractivity contribution in [2.45, 2.75) is 26.8 Å². The number of hydrogen-bond acceptors (Lipinski definition) is 3. The summed E-state index contributed by atoms with van der Waals surface area (Å²) in [6.45, 7) is 5.93. The van der Waals surface area contributed by atoms with Gasteiger partial charge in [-0.05, 0) is 43.6 Å². The van der Waals surface area contributed by atoms with E-state index in [9.17, 15) is 4.39 Å².